The van der Waals surface area contributed by atoms with E-state index in [1.54, 1.807) is 25.1 Å². The van der Waals surface area contributed by atoms with Crippen LogP contribution in [0.4, 0.5) is 4.39 Å². The van der Waals surface area contributed by atoms with Gasteiger partial charge < -0.3 is 0 Å². The highest BCUT2D eigenvalue weighted by atomic mass is 19.1. The van der Waals surface area contributed by atoms with Crippen molar-refractivity contribution in [2.24, 2.45) is 5.92 Å². The van der Waals surface area contributed by atoms with E-state index in [-0.39, 0.29) is 23.1 Å². The summed E-state index contributed by atoms with van der Waals surface area (Å²) >= 11 is 0. The smallest absolute Gasteiger partial charge is 0.169 e. The van der Waals surface area contributed by atoms with Gasteiger partial charge in [0.1, 0.15) is 5.82 Å². The lowest BCUT2D eigenvalue weighted by Crippen LogP contribution is -2.44. The maximum Gasteiger partial charge on any atom is 0.169 e. The summed E-state index contributed by atoms with van der Waals surface area (Å²) in [6, 6.07) is 16.6. The number of piperidine rings is 1. The first-order valence-corrected chi connectivity index (χ1v) is 9.22. The predicted octanol–water partition coefficient (Wildman–Crippen LogP) is 4.76. The Morgan fingerprint density at radius 1 is 1.04 bits per heavy atom. The van der Waals surface area contributed by atoms with Gasteiger partial charge in [0.2, 0.25) is 0 Å². The van der Waals surface area contributed by atoms with Crippen LogP contribution < -0.4 is 0 Å². The fraction of sp³-hybridized carbons (Fsp3) is 0.409. The molecule has 0 aromatic heterocycles. The van der Waals surface area contributed by atoms with E-state index in [9.17, 15) is 9.18 Å². The molecule has 2 aromatic carbocycles. The molecule has 2 bridgehead atoms. The number of nitrogens with zero attached hydrogens (tertiary/aromatic N) is 1. The number of benzene rings is 2. The van der Waals surface area contributed by atoms with Crippen LogP contribution in [0.2, 0.25) is 0 Å². The van der Waals surface area contributed by atoms with Crippen LogP contribution in [0.5, 0.6) is 0 Å². The SMILES string of the molecule is Cc1cccc(C(=O)C2CC3CCC(C2)N3Cc2ccccc2)c1F. The van der Waals surface area contributed by atoms with Crippen LogP contribution in [-0.2, 0) is 6.54 Å². The molecule has 0 amide bonds. The first-order valence-electron chi connectivity index (χ1n) is 9.22. The Bertz CT molecular complexity index is 759. The van der Waals surface area contributed by atoms with E-state index in [0.29, 0.717) is 17.6 Å². The van der Waals surface area contributed by atoms with Crippen LogP contribution >= 0.6 is 0 Å². The summed E-state index contributed by atoms with van der Waals surface area (Å²) in [4.78, 5) is 15.5. The Balaban J connectivity index is 1.49. The quantitative estimate of drug-likeness (QED) is 0.750. The molecule has 2 aliphatic rings. The Labute approximate surface area is 148 Å². The van der Waals surface area contributed by atoms with Gasteiger partial charge in [0.05, 0.1) is 5.56 Å². The summed E-state index contributed by atoms with van der Waals surface area (Å²) < 4.78 is 14.3. The Morgan fingerprint density at radius 3 is 2.40 bits per heavy atom. The third-order valence-electron chi connectivity index (χ3n) is 5.92. The number of Topliss-reactive ketones (excluding diaryl/α,β-unsaturated/α-hetero) is 1. The van der Waals surface area contributed by atoms with Crippen LogP contribution in [0.15, 0.2) is 48.5 Å². The van der Waals surface area contributed by atoms with E-state index in [0.717, 1.165) is 32.2 Å². The standard InChI is InChI=1S/C22H24FNO/c1-15-6-5-9-20(21(15)23)22(25)17-12-18-10-11-19(13-17)24(18)14-16-7-3-2-4-8-16/h2-9,17-19H,10-14H2,1H3. The minimum Gasteiger partial charge on any atom is -0.294 e. The van der Waals surface area contributed by atoms with Crippen LogP contribution in [0.1, 0.15) is 47.2 Å². The van der Waals surface area contributed by atoms with E-state index in [1.165, 1.54) is 5.56 Å². The molecule has 0 aliphatic carbocycles. The van der Waals surface area contributed by atoms with Gasteiger partial charge in [-0.15, -0.1) is 0 Å². The molecule has 0 radical (unpaired) electrons. The van der Waals surface area contributed by atoms with Gasteiger partial charge in [0.15, 0.2) is 5.78 Å². The molecule has 0 N–H and O–H groups in total. The van der Waals surface area contributed by atoms with Crippen molar-refractivity contribution in [1.29, 1.82) is 0 Å². The second kappa shape index (κ2) is 6.72. The molecule has 2 aliphatic heterocycles. The Kier molecular flexibility index (Phi) is 4.43. The number of rotatable bonds is 4. The number of aryl methyl sites for hydroxylation is 1. The molecule has 2 heterocycles. The molecule has 2 saturated heterocycles. The average molecular weight is 337 g/mol. The molecule has 0 spiro atoms. The first-order chi connectivity index (χ1) is 12.1. The van der Waals surface area contributed by atoms with E-state index in [1.807, 2.05) is 6.07 Å². The number of carbonyl (C=O) groups is 1. The minimum atomic E-state index is -0.341. The topological polar surface area (TPSA) is 20.3 Å². The zero-order valence-corrected chi connectivity index (χ0v) is 14.6. The lowest BCUT2D eigenvalue weighted by molar-refractivity contribution is 0.0674. The number of ketones is 1. The molecule has 0 saturated carbocycles. The highest BCUT2D eigenvalue weighted by Gasteiger charge is 2.43. The van der Waals surface area contributed by atoms with E-state index in [2.05, 4.69) is 29.2 Å². The highest BCUT2D eigenvalue weighted by Crippen LogP contribution is 2.41. The lowest BCUT2D eigenvalue weighted by Gasteiger charge is -2.38. The fourth-order valence-electron chi connectivity index (χ4n) is 4.60. The van der Waals surface area contributed by atoms with Gasteiger partial charge in [-0.3, -0.25) is 9.69 Å². The highest BCUT2D eigenvalue weighted by molar-refractivity contribution is 5.98. The fourth-order valence-corrected chi connectivity index (χ4v) is 4.60. The molecule has 2 unspecified atom stereocenters. The maximum atomic E-state index is 14.3. The summed E-state index contributed by atoms with van der Waals surface area (Å²) in [5.74, 6) is -0.384. The number of hydrogen-bond donors (Lipinski definition) is 0. The monoisotopic (exact) mass is 337 g/mol. The van der Waals surface area contributed by atoms with E-state index >= 15 is 0 Å². The molecular formula is C22H24FNO. The Morgan fingerprint density at radius 2 is 1.72 bits per heavy atom. The molecule has 2 atom stereocenters. The zero-order valence-electron chi connectivity index (χ0n) is 14.6. The molecule has 2 nitrogen and oxygen atoms in total. The number of fused-ring (bicyclic) bond motifs is 2. The summed E-state index contributed by atoms with van der Waals surface area (Å²) in [6.07, 6.45) is 4.01. The molecule has 4 rings (SSSR count). The van der Waals surface area contributed by atoms with Crippen molar-refractivity contribution in [3.05, 3.63) is 71.0 Å². The van der Waals surface area contributed by atoms with Crippen molar-refractivity contribution < 1.29 is 9.18 Å². The van der Waals surface area contributed by atoms with Crippen molar-refractivity contribution >= 4 is 5.78 Å². The van der Waals surface area contributed by atoms with E-state index < -0.39 is 0 Å². The maximum absolute atomic E-state index is 14.3. The summed E-state index contributed by atoms with van der Waals surface area (Å²) in [5, 5.41) is 0. The normalized spacial score (nSPS) is 25.9. The van der Waals surface area contributed by atoms with Gasteiger partial charge in [0, 0.05) is 24.5 Å². The van der Waals surface area contributed by atoms with Crippen molar-refractivity contribution in [2.45, 2.75) is 51.2 Å². The van der Waals surface area contributed by atoms with Crippen LogP contribution in [-0.4, -0.2) is 22.8 Å². The number of carbonyl (C=O) groups excluding carboxylic acids is 1. The van der Waals surface area contributed by atoms with Crippen LogP contribution in [0.3, 0.4) is 0 Å². The van der Waals surface area contributed by atoms with Crippen molar-refractivity contribution in [3.63, 3.8) is 0 Å². The van der Waals surface area contributed by atoms with Crippen molar-refractivity contribution in [1.82, 2.24) is 4.90 Å². The number of hydrogen-bond acceptors (Lipinski definition) is 2. The van der Waals surface area contributed by atoms with Gasteiger partial charge in [-0.1, -0.05) is 42.5 Å². The van der Waals surface area contributed by atoms with Gasteiger partial charge in [-0.25, -0.2) is 4.39 Å². The third kappa shape index (κ3) is 3.13. The first kappa shape index (κ1) is 16.5. The summed E-state index contributed by atoms with van der Waals surface area (Å²) in [5.41, 5.74) is 2.16. The molecule has 2 fully saturated rings. The van der Waals surface area contributed by atoms with Gasteiger partial charge in [-0.2, -0.15) is 0 Å². The summed E-state index contributed by atoms with van der Waals surface area (Å²) in [6.45, 7) is 2.67. The molecule has 25 heavy (non-hydrogen) atoms. The van der Waals surface area contributed by atoms with Gasteiger partial charge in [0.25, 0.3) is 0 Å². The van der Waals surface area contributed by atoms with Gasteiger partial charge in [-0.05, 0) is 49.8 Å². The van der Waals surface area contributed by atoms with Crippen molar-refractivity contribution in [2.75, 3.05) is 0 Å². The summed E-state index contributed by atoms with van der Waals surface area (Å²) in [7, 11) is 0. The third-order valence-corrected chi connectivity index (χ3v) is 5.92. The van der Waals surface area contributed by atoms with Crippen molar-refractivity contribution in [3.8, 4) is 0 Å². The average Bonchev–Trinajstić information content (AvgIpc) is 2.86. The molecular weight excluding hydrogens is 313 g/mol. The largest absolute Gasteiger partial charge is 0.294 e. The minimum absolute atomic E-state index is 0.00235. The zero-order chi connectivity index (χ0) is 17.4. The van der Waals surface area contributed by atoms with E-state index in [4.69, 9.17) is 0 Å². The molecule has 3 heteroatoms. The lowest BCUT2D eigenvalue weighted by atomic mass is 9.84. The predicted molar refractivity (Wildman–Crippen MR) is 97.0 cm³/mol. The van der Waals surface area contributed by atoms with Crippen LogP contribution in [0, 0.1) is 18.7 Å². The van der Waals surface area contributed by atoms with Crippen LogP contribution in [0.25, 0.3) is 0 Å². The molecule has 130 valence electrons. The number of halogens is 1. The Hall–Kier alpha value is -2.00. The van der Waals surface area contributed by atoms with Gasteiger partial charge >= 0.3 is 0 Å². The second-order valence-electron chi connectivity index (χ2n) is 7.51. The molecule has 2 aromatic rings. The second-order valence-corrected chi connectivity index (χ2v) is 7.51.